The molecule has 2 rings (SSSR count). The van der Waals surface area contributed by atoms with E-state index in [0.717, 1.165) is 11.5 Å². The van der Waals surface area contributed by atoms with E-state index in [-0.39, 0.29) is 4.75 Å². The Hall–Kier alpha value is -0.800. The van der Waals surface area contributed by atoms with E-state index in [1.807, 2.05) is 26.8 Å². The van der Waals surface area contributed by atoms with Crippen LogP contribution in [0.3, 0.4) is 0 Å². The molecule has 0 radical (unpaired) electrons. The number of benzene rings is 1. The van der Waals surface area contributed by atoms with Gasteiger partial charge in [0, 0.05) is 0 Å². The zero-order chi connectivity index (χ0) is 12.5. The minimum atomic E-state index is -1.17. The fraction of sp³-hybridized carbons (Fsp3) is 0.500. The van der Waals surface area contributed by atoms with Crippen LogP contribution < -0.4 is 0 Å². The topological polar surface area (TPSA) is 35.4 Å². The van der Waals surface area contributed by atoms with E-state index in [0.29, 0.717) is 0 Å². The lowest BCUT2D eigenvalue weighted by Gasteiger charge is -2.17. The molecular formula is C14H19NOS. The number of rotatable bonds is 3. The van der Waals surface area contributed by atoms with Gasteiger partial charge in [-0.15, -0.1) is 0 Å². The van der Waals surface area contributed by atoms with Crippen molar-refractivity contribution in [2.75, 3.05) is 0 Å². The van der Waals surface area contributed by atoms with Crippen molar-refractivity contribution in [3.63, 3.8) is 0 Å². The maximum absolute atomic E-state index is 11.8. The van der Waals surface area contributed by atoms with Crippen LogP contribution in [-0.2, 0) is 11.4 Å². The third-order valence-electron chi connectivity index (χ3n) is 2.78. The van der Waals surface area contributed by atoms with Crippen LogP contribution in [-0.4, -0.2) is 15.5 Å². The molecule has 0 N–H and O–H groups in total. The summed E-state index contributed by atoms with van der Waals surface area (Å²) in [5.41, 5.74) is 2.43. The molecule has 0 bridgehead atoms. The summed E-state index contributed by atoms with van der Waals surface area (Å²) in [6, 6.07) is 8.38. The van der Waals surface area contributed by atoms with Crippen LogP contribution in [0.15, 0.2) is 28.7 Å². The highest BCUT2D eigenvalue weighted by atomic mass is 32.2. The van der Waals surface area contributed by atoms with Crippen LogP contribution in [0.1, 0.15) is 50.7 Å². The number of nitrogens with zero attached hydrogens (tertiary/aromatic N) is 1. The summed E-state index contributed by atoms with van der Waals surface area (Å²) in [5, 5.41) is 0. The van der Waals surface area contributed by atoms with Crippen molar-refractivity contribution in [1.82, 2.24) is 0 Å². The maximum atomic E-state index is 11.8. The van der Waals surface area contributed by atoms with E-state index in [1.165, 1.54) is 18.4 Å². The van der Waals surface area contributed by atoms with Crippen LogP contribution >= 0.6 is 0 Å². The second kappa shape index (κ2) is 4.83. The largest absolute Gasteiger partial charge is 0.591 e. The quantitative estimate of drug-likeness (QED) is 0.597. The normalized spacial score (nSPS) is 18.6. The van der Waals surface area contributed by atoms with Crippen LogP contribution in [0.5, 0.6) is 0 Å². The third-order valence-corrected chi connectivity index (χ3v) is 4.13. The highest BCUT2D eigenvalue weighted by Gasteiger charge is 2.26. The zero-order valence-corrected chi connectivity index (χ0v) is 11.5. The monoisotopic (exact) mass is 249 g/mol. The Balaban J connectivity index is 2.07. The molecule has 0 aliphatic heterocycles. The summed E-state index contributed by atoms with van der Waals surface area (Å²) in [6.07, 6.45) is 4.33. The van der Waals surface area contributed by atoms with E-state index in [1.54, 1.807) is 6.21 Å². The first-order valence-corrected chi connectivity index (χ1v) is 7.13. The van der Waals surface area contributed by atoms with Crippen LogP contribution in [0.25, 0.3) is 0 Å². The Bertz CT molecular complexity index is 418. The molecule has 1 fully saturated rings. The van der Waals surface area contributed by atoms with Crippen LogP contribution in [0.4, 0.5) is 0 Å². The lowest BCUT2D eigenvalue weighted by molar-refractivity contribution is 0.562. The molecule has 92 valence electrons. The lowest BCUT2D eigenvalue weighted by Crippen LogP contribution is -2.25. The van der Waals surface area contributed by atoms with E-state index in [9.17, 15) is 4.55 Å². The van der Waals surface area contributed by atoms with Gasteiger partial charge in [-0.05, 0) is 56.7 Å². The van der Waals surface area contributed by atoms with E-state index >= 15 is 0 Å². The Labute approximate surface area is 106 Å². The van der Waals surface area contributed by atoms with E-state index in [4.69, 9.17) is 0 Å². The summed E-state index contributed by atoms with van der Waals surface area (Å²) in [7, 11) is 0. The van der Waals surface area contributed by atoms with Gasteiger partial charge in [0.05, 0.1) is 6.21 Å². The van der Waals surface area contributed by atoms with Gasteiger partial charge in [-0.2, -0.15) is 0 Å². The highest BCUT2D eigenvalue weighted by Crippen LogP contribution is 2.40. The third kappa shape index (κ3) is 3.58. The molecule has 0 spiro atoms. The van der Waals surface area contributed by atoms with Crippen molar-refractivity contribution >= 4 is 17.6 Å². The summed E-state index contributed by atoms with van der Waals surface area (Å²) >= 11 is -1.17. The molecular weight excluding hydrogens is 230 g/mol. The fourth-order valence-corrected chi connectivity index (χ4v) is 2.11. The predicted molar refractivity (Wildman–Crippen MR) is 73.9 cm³/mol. The molecule has 1 aliphatic carbocycles. The Kier molecular flexibility index (Phi) is 3.59. The molecule has 1 saturated carbocycles. The van der Waals surface area contributed by atoms with Crippen molar-refractivity contribution in [2.45, 2.75) is 44.3 Å². The molecule has 17 heavy (non-hydrogen) atoms. The molecule has 1 aromatic rings. The van der Waals surface area contributed by atoms with E-state index < -0.39 is 11.4 Å². The summed E-state index contributed by atoms with van der Waals surface area (Å²) in [4.78, 5) is 0. The average molecular weight is 249 g/mol. The molecule has 0 heterocycles. The van der Waals surface area contributed by atoms with Gasteiger partial charge in [-0.25, -0.2) is 0 Å². The van der Waals surface area contributed by atoms with Crippen molar-refractivity contribution in [3.05, 3.63) is 35.4 Å². The van der Waals surface area contributed by atoms with Crippen molar-refractivity contribution < 1.29 is 4.55 Å². The molecule has 0 unspecified atom stereocenters. The van der Waals surface area contributed by atoms with Crippen LogP contribution in [0.2, 0.25) is 0 Å². The van der Waals surface area contributed by atoms with Gasteiger partial charge in [0.2, 0.25) is 0 Å². The smallest absolute Gasteiger partial charge is 0.144 e. The van der Waals surface area contributed by atoms with Gasteiger partial charge < -0.3 is 4.55 Å². The second-order valence-electron chi connectivity index (χ2n) is 5.54. The van der Waals surface area contributed by atoms with Gasteiger partial charge in [0.25, 0.3) is 0 Å². The van der Waals surface area contributed by atoms with Gasteiger partial charge in [0.15, 0.2) is 0 Å². The Morgan fingerprint density at radius 2 is 2.06 bits per heavy atom. The first-order chi connectivity index (χ1) is 7.97. The highest BCUT2D eigenvalue weighted by molar-refractivity contribution is 7.91. The molecule has 3 heteroatoms. The Morgan fingerprint density at radius 3 is 2.65 bits per heavy atom. The summed E-state index contributed by atoms with van der Waals surface area (Å²) in [5.74, 6) is 0.747. The van der Waals surface area contributed by atoms with Gasteiger partial charge in [-0.3, -0.25) is 0 Å². The molecule has 2 nitrogen and oxygen atoms in total. The molecule has 1 aliphatic rings. The SMILES string of the molecule is CC(C)(C)[S@@+]([O-])/N=C/c1cccc(C2CC2)c1. The lowest BCUT2D eigenvalue weighted by atomic mass is 10.1. The van der Waals surface area contributed by atoms with Gasteiger partial charge >= 0.3 is 0 Å². The van der Waals surface area contributed by atoms with Crippen LogP contribution in [0, 0.1) is 0 Å². The fourth-order valence-electron chi connectivity index (χ4n) is 1.58. The first-order valence-electron chi connectivity index (χ1n) is 6.03. The number of hydrogen-bond acceptors (Lipinski definition) is 2. The first kappa shape index (κ1) is 12.7. The van der Waals surface area contributed by atoms with Crippen molar-refractivity contribution in [2.24, 2.45) is 4.40 Å². The Morgan fingerprint density at radius 1 is 1.35 bits per heavy atom. The zero-order valence-electron chi connectivity index (χ0n) is 10.6. The molecule has 1 atom stereocenters. The minimum Gasteiger partial charge on any atom is -0.591 e. The van der Waals surface area contributed by atoms with Gasteiger partial charge in [0.1, 0.15) is 16.1 Å². The van der Waals surface area contributed by atoms with E-state index in [2.05, 4.69) is 22.6 Å². The minimum absolute atomic E-state index is 0.287. The molecule has 0 saturated heterocycles. The van der Waals surface area contributed by atoms with Crippen molar-refractivity contribution in [3.8, 4) is 0 Å². The molecule has 0 amide bonds. The summed E-state index contributed by atoms with van der Waals surface area (Å²) < 4.78 is 15.6. The molecule has 0 aromatic heterocycles. The molecule has 1 aromatic carbocycles. The summed E-state index contributed by atoms with van der Waals surface area (Å²) in [6.45, 7) is 5.79. The predicted octanol–water partition coefficient (Wildman–Crippen LogP) is 3.45. The number of hydrogen-bond donors (Lipinski definition) is 0. The second-order valence-corrected chi connectivity index (χ2v) is 7.47. The average Bonchev–Trinajstić information content (AvgIpc) is 3.08. The van der Waals surface area contributed by atoms with Crippen molar-refractivity contribution in [1.29, 1.82) is 0 Å². The maximum Gasteiger partial charge on any atom is 0.144 e. The van der Waals surface area contributed by atoms with Gasteiger partial charge in [-0.1, -0.05) is 22.6 Å². The standard InChI is InChI=1S/C14H19NOS/c1-14(2,3)17(16)15-10-11-5-4-6-13(9-11)12-7-8-12/h4-6,9-10,12H,7-8H2,1-3H3/b15-10+/t17-/m1/s1.